The molecular formula is C15H15N3O3. The van der Waals surface area contributed by atoms with Crippen LogP contribution in [0.4, 0.5) is 17.1 Å². The van der Waals surface area contributed by atoms with Crippen molar-refractivity contribution in [1.82, 2.24) is 0 Å². The van der Waals surface area contributed by atoms with Crippen LogP contribution in [-0.4, -0.2) is 24.9 Å². The van der Waals surface area contributed by atoms with E-state index in [0.29, 0.717) is 0 Å². The van der Waals surface area contributed by atoms with Gasteiger partial charge in [0.15, 0.2) is 0 Å². The number of anilines is 2. The van der Waals surface area contributed by atoms with E-state index in [-0.39, 0.29) is 22.8 Å². The van der Waals surface area contributed by atoms with E-state index in [0.717, 1.165) is 5.69 Å². The van der Waals surface area contributed by atoms with Gasteiger partial charge in [0.1, 0.15) is 5.69 Å². The molecule has 0 aliphatic rings. The van der Waals surface area contributed by atoms with Crippen molar-refractivity contribution in [2.45, 2.75) is 0 Å². The summed E-state index contributed by atoms with van der Waals surface area (Å²) in [6.07, 6.45) is 0. The lowest BCUT2D eigenvalue weighted by Gasteiger charge is -2.19. The number of carbonyl (C=O) groups excluding carboxylic acids is 1. The molecule has 0 saturated carbocycles. The van der Waals surface area contributed by atoms with Crippen molar-refractivity contribution in [2.24, 2.45) is 0 Å². The van der Waals surface area contributed by atoms with Crippen LogP contribution in [0.5, 0.6) is 0 Å². The summed E-state index contributed by atoms with van der Waals surface area (Å²) in [6.45, 7) is 0. The van der Waals surface area contributed by atoms with E-state index in [1.54, 1.807) is 32.3 Å². The Labute approximate surface area is 122 Å². The minimum absolute atomic E-state index is 0.121. The highest BCUT2D eigenvalue weighted by Gasteiger charge is 2.23. The smallest absolute Gasteiger partial charge is 0.293 e. The highest BCUT2D eigenvalue weighted by molar-refractivity contribution is 6.10. The first-order chi connectivity index (χ1) is 10.1. The van der Waals surface area contributed by atoms with E-state index in [9.17, 15) is 14.9 Å². The first-order valence-electron chi connectivity index (χ1n) is 6.34. The Bertz CT molecular complexity index is 671. The van der Waals surface area contributed by atoms with Crippen molar-refractivity contribution in [3.8, 4) is 0 Å². The zero-order valence-electron chi connectivity index (χ0n) is 11.7. The zero-order chi connectivity index (χ0) is 15.4. The molecular weight excluding hydrogens is 270 g/mol. The van der Waals surface area contributed by atoms with Crippen LogP contribution in [0.2, 0.25) is 0 Å². The van der Waals surface area contributed by atoms with E-state index < -0.39 is 4.92 Å². The molecule has 108 valence electrons. The molecule has 2 aromatic rings. The number of para-hydroxylation sites is 2. The molecule has 0 aromatic heterocycles. The number of rotatable bonds is 4. The van der Waals surface area contributed by atoms with Gasteiger partial charge in [-0.15, -0.1) is 0 Å². The molecule has 2 rings (SSSR count). The SMILES string of the molecule is CNc1c(C(=O)N(C)c2ccccc2)cccc1[N+](=O)[O-]. The Kier molecular flexibility index (Phi) is 4.18. The summed E-state index contributed by atoms with van der Waals surface area (Å²) in [6, 6.07) is 13.5. The third-order valence-corrected chi connectivity index (χ3v) is 3.17. The maximum atomic E-state index is 12.6. The fourth-order valence-electron chi connectivity index (χ4n) is 2.08. The van der Waals surface area contributed by atoms with Crippen molar-refractivity contribution in [3.63, 3.8) is 0 Å². The summed E-state index contributed by atoms with van der Waals surface area (Å²) in [5.74, 6) is -0.311. The second-order valence-corrected chi connectivity index (χ2v) is 4.41. The molecule has 0 radical (unpaired) electrons. The molecule has 0 fully saturated rings. The molecule has 0 bridgehead atoms. The summed E-state index contributed by atoms with van der Waals surface area (Å²) in [5, 5.41) is 13.8. The quantitative estimate of drug-likeness (QED) is 0.692. The van der Waals surface area contributed by atoms with Crippen LogP contribution in [0.25, 0.3) is 0 Å². The molecule has 0 aliphatic heterocycles. The lowest BCUT2D eigenvalue weighted by atomic mass is 10.1. The average Bonchev–Trinajstić information content (AvgIpc) is 2.53. The maximum Gasteiger partial charge on any atom is 0.293 e. The van der Waals surface area contributed by atoms with Gasteiger partial charge in [0, 0.05) is 25.8 Å². The number of amides is 1. The first-order valence-corrected chi connectivity index (χ1v) is 6.34. The first kappa shape index (κ1) is 14.5. The van der Waals surface area contributed by atoms with E-state index in [1.807, 2.05) is 18.2 Å². The van der Waals surface area contributed by atoms with Gasteiger partial charge in [0.05, 0.1) is 10.5 Å². The van der Waals surface area contributed by atoms with E-state index in [1.165, 1.54) is 17.0 Å². The van der Waals surface area contributed by atoms with Gasteiger partial charge in [-0.1, -0.05) is 24.3 Å². The average molecular weight is 285 g/mol. The Balaban J connectivity index is 2.44. The molecule has 6 heteroatoms. The molecule has 0 spiro atoms. The minimum atomic E-state index is -0.509. The Morgan fingerprint density at radius 2 is 1.81 bits per heavy atom. The Morgan fingerprint density at radius 3 is 2.38 bits per heavy atom. The van der Waals surface area contributed by atoms with Crippen molar-refractivity contribution in [3.05, 3.63) is 64.2 Å². The van der Waals surface area contributed by atoms with E-state index in [2.05, 4.69) is 5.32 Å². The summed E-state index contributed by atoms with van der Waals surface area (Å²) >= 11 is 0. The van der Waals surface area contributed by atoms with Gasteiger partial charge in [-0.25, -0.2) is 0 Å². The summed E-state index contributed by atoms with van der Waals surface area (Å²) in [4.78, 5) is 24.5. The van der Waals surface area contributed by atoms with Gasteiger partial charge in [-0.2, -0.15) is 0 Å². The predicted molar refractivity (Wildman–Crippen MR) is 81.8 cm³/mol. The second kappa shape index (κ2) is 6.04. The number of nitrogens with zero attached hydrogens (tertiary/aromatic N) is 2. The number of benzene rings is 2. The lowest BCUT2D eigenvalue weighted by molar-refractivity contribution is -0.384. The van der Waals surface area contributed by atoms with Gasteiger partial charge in [-0.3, -0.25) is 14.9 Å². The third-order valence-electron chi connectivity index (χ3n) is 3.17. The van der Waals surface area contributed by atoms with Crippen LogP contribution >= 0.6 is 0 Å². The van der Waals surface area contributed by atoms with Crippen LogP contribution in [-0.2, 0) is 0 Å². The van der Waals surface area contributed by atoms with Crippen molar-refractivity contribution in [1.29, 1.82) is 0 Å². The topological polar surface area (TPSA) is 75.5 Å². The molecule has 0 unspecified atom stereocenters. The van der Waals surface area contributed by atoms with E-state index in [4.69, 9.17) is 0 Å². The van der Waals surface area contributed by atoms with Crippen LogP contribution in [0.1, 0.15) is 10.4 Å². The largest absolute Gasteiger partial charge is 0.382 e. The van der Waals surface area contributed by atoms with Gasteiger partial charge in [0.2, 0.25) is 0 Å². The van der Waals surface area contributed by atoms with Gasteiger partial charge in [0.25, 0.3) is 11.6 Å². The second-order valence-electron chi connectivity index (χ2n) is 4.41. The number of hydrogen-bond donors (Lipinski definition) is 1. The van der Waals surface area contributed by atoms with Crippen LogP contribution in [0.15, 0.2) is 48.5 Å². The molecule has 21 heavy (non-hydrogen) atoms. The fraction of sp³-hybridized carbons (Fsp3) is 0.133. The summed E-state index contributed by atoms with van der Waals surface area (Å²) < 4.78 is 0. The molecule has 0 atom stereocenters. The number of nitro benzene ring substituents is 1. The van der Waals surface area contributed by atoms with Crippen LogP contribution in [0, 0.1) is 10.1 Å². The van der Waals surface area contributed by atoms with Crippen LogP contribution in [0.3, 0.4) is 0 Å². The molecule has 1 N–H and O–H groups in total. The molecule has 0 aliphatic carbocycles. The lowest BCUT2D eigenvalue weighted by Crippen LogP contribution is -2.27. The monoisotopic (exact) mass is 285 g/mol. The van der Waals surface area contributed by atoms with E-state index >= 15 is 0 Å². The maximum absolute atomic E-state index is 12.6. The standard InChI is InChI=1S/C15H15N3O3/c1-16-14-12(9-6-10-13(14)18(20)21)15(19)17(2)11-7-4-3-5-8-11/h3-10,16H,1-2H3. The van der Waals surface area contributed by atoms with Crippen molar-refractivity contribution < 1.29 is 9.72 Å². The fourth-order valence-corrected chi connectivity index (χ4v) is 2.08. The minimum Gasteiger partial charge on any atom is -0.382 e. The number of nitro groups is 1. The molecule has 0 saturated heterocycles. The van der Waals surface area contributed by atoms with Crippen molar-refractivity contribution >= 4 is 23.0 Å². The number of hydrogen-bond acceptors (Lipinski definition) is 4. The van der Waals surface area contributed by atoms with Gasteiger partial charge < -0.3 is 10.2 Å². The molecule has 2 aromatic carbocycles. The number of carbonyl (C=O) groups is 1. The number of nitrogens with one attached hydrogen (secondary N) is 1. The van der Waals surface area contributed by atoms with Crippen LogP contribution < -0.4 is 10.2 Å². The molecule has 0 heterocycles. The zero-order valence-corrected chi connectivity index (χ0v) is 11.7. The Hall–Kier alpha value is -2.89. The molecule has 1 amide bonds. The third kappa shape index (κ3) is 2.84. The van der Waals surface area contributed by atoms with Crippen molar-refractivity contribution in [2.75, 3.05) is 24.3 Å². The Morgan fingerprint density at radius 1 is 1.14 bits per heavy atom. The predicted octanol–water partition coefficient (Wildman–Crippen LogP) is 2.91. The molecule has 6 nitrogen and oxygen atoms in total. The summed E-state index contributed by atoms with van der Waals surface area (Å²) in [7, 11) is 3.19. The summed E-state index contributed by atoms with van der Waals surface area (Å²) in [5.41, 5.74) is 1.08. The van der Waals surface area contributed by atoms with Gasteiger partial charge >= 0.3 is 0 Å². The van der Waals surface area contributed by atoms with Gasteiger partial charge in [-0.05, 0) is 18.2 Å². The highest BCUT2D eigenvalue weighted by Crippen LogP contribution is 2.29. The highest BCUT2D eigenvalue weighted by atomic mass is 16.6. The normalized spacial score (nSPS) is 10.0.